The molecule has 0 bridgehead atoms. The number of aromatic nitrogens is 2. The number of allylic oxidation sites excluding steroid dienone is 2. The molecule has 2 aliphatic heterocycles. The van der Waals surface area contributed by atoms with E-state index in [2.05, 4.69) is 15.3 Å². The number of hydrogen-bond acceptors (Lipinski definition) is 8. The van der Waals surface area contributed by atoms with Gasteiger partial charge in [-0.3, -0.25) is 9.59 Å². The van der Waals surface area contributed by atoms with Gasteiger partial charge in [-0.15, -0.1) is 0 Å². The van der Waals surface area contributed by atoms with Crippen molar-refractivity contribution in [3.05, 3.63) is 88.4 Å². The van der Waals surface area contributed by atoms with E-state index in [0.717, 1.165) is 18.4 Å². The molecule has 4 heterocycles. The second-order valence-corrected chi connectivity index (χ2v) is 11.9. The molecule has 3 aromatic rings. The molecule has 0 spiro atoms. The first-order valence-corrected chi connectivity index (χ1v) is 15.4. The number of aliphatic hydroxyl groups is 1. The van der Waals surface area contributed by atoms with Crippen molar-refractivity contribution < 1.29 is 32.3 Å². The maximum absolute atomic E-state index is 13.9. The first-order valence-electron chi connectivity index (χ1n) is 15.0. The number of pyridine rings is 1. The lowest BCUT2D eigenvalue weighted by molar-refractivity contribution is -0.141. The van der Waals surface area contributed by atoms with Crippen molar-refractivity contribution in [3.8, 4) is 0 Å². The summed E-state index contributed by atoms with van der Waals surface area (Å²) in [5.74, 6) is -1.78. The molecule has 10 nitrogen and oxygen atoms in total. The van der Waals surface area contributed by atoms with Gasteiger partial charge >= 0.3 is 6.18 Å². The number of halogens is 4. The Morgan fingerprint density at radius 3 is 2.54 bits per heavy atom. The van der Waals surface area contributed by atoms with Gasteiger partial charge in [0.25, 0.3) is 17.8 Å². The minimum absolute atomic E-state index is 0.0218. The number of alkyl halides is 3. The van der Waals surface area contributed by atoms with Crippen molar-refractivity contribution in [1.29, 1.82) is 0 Å². The number of benzene rings is 1. The van der Waals surface area contributed by atoms with Crippen LogP contribution in [0.25, 0.3) is 0 Å². The van der Waals surface area contributed by atoms with Crippen molar-refractivity contribution >= 4 is 40.9 Å². The highest BCUT2D eigenvalue weighted by Crippen LogP contribution is 2.37. The fraction of sp³-hybridized carbons (Fsp3) is 0.375. The standard InChI is InChI=1S/C32H32ClF3N6O4/c33-23-8-4-7-21(17-23)22-11-12-42(19-22)31-39-28(32(34,35)36)27(46-31)29(44)38-24-9-10-25(37-18-24)40-13-15-41(16-14-40)30(45)26(43)20-5-2-1-3-6-20/h2,4-10,17-18,22,26,43H,1,3,11-16,19H2,(H,38,44)/t22?,26-/m1/s1. The molecule has 1 aliphatic carbocycles. The zero-order chi connectivity index (χ0) is 32.4. The van der Waals surface area contributed by atoms with Crippen molar-refractivity contribution in [2.75, 3.05) is 54.4 Å². The second-order valence-electron chi connectivity index (χ2n) is 11.4. The number of hydrogen-bond donors (Lipinski definition) is 2. The quantitative estimate of drug-likeness (QED) is 0.354. The van der Waals surface area contributed by atoms with Crippen LogP contribution in [-0.4, -0.2) is 77.2 Å². The van der Waals surface area contributed by atoms with Gasteiger partial charge in [0.15, 0.2) is 11.8 Å². The van der Waals surface area contributed by atoms with Gasteiger partial charge in [0.2, 0.25) is 5.76 Å². The Morgan fingerprint density at radius 2 is 1.87 bits per heavy atom. The van der Waals surface area contributed by atoms with Gasteiger partial charge in [-0.05, 0) is 54.7 Å². The van der Waals surface area contributed by atoms with E-state index < -0.39 is 29.6 Å². The number of carbonyl (C=O) groups excluding carboxylic acids is 2. The molecule has 2 atom stereocenters. The lowest BCUT2D eigenvalue weighted by atomic mass is 9.99. The molecule has 2 aromatic heterocycles. The average molecular weight is 657 g/mol. The molecular formula is C32H32ClF3N6O4. The van der Waals surface area contributed by atoms with Crippen molar-refractivity contribution in [2.45, 2.75) is 37.5 Å². The van der Waals surface area contributed by atoms with Gasteiger partial charge in [0.05, 0.1) is 11.9 Å². The van der Waals surface area contributed by atoms with Crippen LogP contribution in [0.5, 0.6) is 0 Å². The summed E-state index contributed by atoms with van der Waals surface area (Å²) in [5.41, 5.74) is 0.350. The van der Waals surface area contributed by atoms with E-state index in [1.54, 1.807) is 28.0 Å². The molecule has 0 radical (unpaired) electrons. The Morgan fingerprint density at radius 1 is 1.07 bits per heavy atom. The summed E-state index contributed by atoms with van der Waals surface area (Å²) in [6, 6.07) is 10.2. The smallest absolute Gasteiger partial charge is 0.417 e. The highest BCUT2D eigenvalue weighted by atomic mass is 35.5. The highest BCUT2D eigenvalue weighted by molar-refractivity contribution is 6.30. The van der Waals surface area contributed by atoms with Gasteiger partial charge < -0.3 is 29.5 Å². The summed E-state index contributed by atoms with van der Waals surface area (Å²) < 4.78 is 47.2. The number of amides is 2. The molecule has 1 aromatic carbocycles. The van der Waals surface area contributed by atoms with E-state index in [-0.39, 0.29) is 23.5 Å². The normalized spacial score (nSPS) is 19.3. The van der Waals surface area contributed by atoms with Crippen LogP contribution in [0, 0.1) is 0 Å². The summed E-state index contributed by atoms with van der Waals surface area (Å²) in [6.45, 7) is 2.48. The number of oxazole rings is 1. The van der Waals surface area contributed by atoms with Crippen LogP contribution in [0.4, 0.5) is 30.7 Å². The van der Waals surface area contributed by atoms with Crippen LogP contribution < -0.4 is 15.1 Å². The first kappa shape index (κ1) is 31.6. The van der Waals surface area contributed by atoms with E-state index >= 15 is 0 Å². The number of carbonyl (C=O) groups is 2. The van der Waals surface area contributed by atoms with E-state index in [1.165, 1.54) is 12.3 Å². The van der Waals surface area contributed by atoms with E-state index in [4.69, 9.17) is 16.0 Å². The third-order valence-corrected chi connectivity index (χ3v) is 8.60. The third kappa shape index (κ3) is 6.90. The topological polar surface area (TPSA) is 115 Å². The first-order chi connectivity index (χ1) is 22.1. The number of nitrogens with one attached hydrogen (secondary N) is 1. The number of aliphatic hydroxyl groups excluding tert-OH is 1. The maximum Gasteiger partial charge on any atom is 0.437 e. The largest absolute Gasteiger partial charge is 0.437 e. The van der Waals surface area contributed by atoms with Crippen molar-refractivity contribution in [2.24, 2.45) is 0 Å². The summed E-state index contributed by atoms with van der Waals surface area (Å²) in [5, 5.41) is 13.5. The lowest BCUT2D eigenvalue weighted by Crippen LogP contribution is -2.52. The Hall–Kier alpha value is -4.36. The fourth-order valence-corrected chi connectivity index (χ4v) is 6.10. The lowest BCUT2D eigenvalue weighted by Gasteiger charge is -2.36. The van der Waals surface area contributed by atoms with E-state index in [1.807, 2.05) is 35.3 Å². The molecule has 46 heavy (non-hydrogen) atoms. The molecule has 14 heteroatoms. The van der Waals surface area contributed by atoms with E-state index in [0.29, 0.717) is 62.1 Å². The molecule has 1 unspecified atom stereocenters. The SMILES string of the molecule is O=C(Nc1ccc(N2CCN(C(=O)[C@H](O)C3=CCCC=C3)CC2)nc1)c1oc(N2CCC(c3cccc(Cl)c3)C2)nc1C(F)(F)F. The second kappa shape index (κ2) is 13.2. The molecule has 0 saturated carbocycles. The zero-order valence-electron chi connectivity index (χ0n) is 24.7. The molecular weight excluding hydrogens is 625 g/mol. The minimum Gasteiger partial charge on any atom is -0.417 e. The predicted molar refractivity (Wildman–Crippen MR) is 166 cm³/mol. The Labute approximate surface area is 268 Å². The maximum atomic E-state index is 13.9. The van der Waals surface area contributed by atoms with Crippen LogP contribution in [0.1, 0.15) is 47.0 Å². The van der Waals surface area contributed by atoms with Gasteiger partial charge in [0.1, 0.15) is 5.82 Å². The van der Waals surface area contributed by atoms with Crippen LogP contribution in [-0.2, 0) is 11.0 Å². The molecule has 2 saturated heterocycles. The Balaban J connectivity index is 1.07. The van der Waals surface area contributed by atoms with Gasteiger partial charge in [0, 0.05) is 50.2 Å². The van der Waals surface area contributed by atoms with Crippen LogP contribution in [0.3, 0.4) is 0 Å². The van der Waals surface area contributed by atoms with Crippen molar-refractivity contribution in [1.82, 2.24) is 14.9 Å². The molecule has 2 fully saturated rings. The van der Waals surface area contributed by atoms with Gasteiger partial charge in [-0.2, -0.15) is 18.2 Å². The summed E-state index contributed by atoms with van der Waals surface area (Å²) in [7, 11) is 0. The monoisotopic (exact) mass is 656 g/mol. The third-order valence-electron chi connectivity index (χ3n) is 8.36. The summed E-state index contributed by atoms with van der Waals surface area (Å²) >= 11 is 6.10. The minimum atomic E-state index is -4.91. The molecule has 2 amide bonds. The molecule has 3 aliphatic rings. The molecule has 6 rings (SSSR count). The highest BCUT2D eigenvalue weighted by Gasteiger charge is 2.42. The van der Waals surface area contributed by atoms with Crippen molar-refractivity contribution in [3.63, 3.8) is 0 Å². The van der Waals surface area contributed by atoms with E-state index in [9.17, 15) is 27.9 Å². The van der Waals surface area contributed by atoms with Gasteiger partial charge in [-0.25, -0.2) is 4.98 Å². The van der Waals surface area contributed by atoms with Crippen LogP contribution in [0.2, 0.25) is 5.02 Å². The predicted octanol–water partition coefficient (Wildman–Crippen LogP) is 5.27. The van der Waals surface area contributed by atoms with Crippen LogP contribution >= 0.6 is 11.6 Å². The number of nitrogens with zero attached hydrogens (tertiary/aromatic N) is 5. The zero-order valence-corrected chi connectivity index (χ0v) is 25.5. The number of anilines is 3. The number of rotatable bonds is 7. The van der Waals surface area contributed by atoms with Crippen LogP contribution in [0.15, 0.2) is 70.8 Å². The Bertz CT molecular complexity index is 1650. The molecule has 2 N–H and O–H groups in total. The average Bonchev–Trinajstić information content (AvgIpc) is 3.74. The molecule has 242 valence electrons. The summed E-state index contributed by atoms with van der Waals surface area (Å²) in [6.07, 6.45) is 3.17. The number of piperazine rings is 1. The Kier molecular flexibility index (Phi) is 9.05. The summed E-state index contributed by atoms with van der Waals surface area (Å²) in [4.78, 5) is 39.0. The van der Waals surface area contributed by atoms with Gasteiger partial charge in [-0.1, -0.05) is 42.0 Å². The fourth-order valence-electron chi connectivity index (χ4n) is 5.90.